The first-order chi connectivity index (χ1) is 6.35. The van der Waals surface area contributed by atoms with E-state index in [0.29, 0.717) is 5.33 Å². The second-order valence-electron chi connectivity index (χ2n) is 3.93. The molecule has 0 saturated carbocycles. The van der Waals surface area contributed by atoms with Crippen LogP contribution in [0.4, 0.5) is 4.79 Å². The molecule has 0 aromatic rings. The SMILES string of the molecule is CC(C)(C)NC(=O)OCCC(=O)CBr. The normalized spacial score (nSPS) is 10.9. The van der Waals surface area contributed by atoms with E-state index < -0.39 is 6.09 Å². The largest absolute Gasteiger partial charge is 0.449 e. The van der Waals surface area contributed by atoms with Crippen LogP contribution in [0.3, 0.4) is 0 Å². The second kappa shape index (κ2) is 6.01. The maximum Gasteiger partial charge on any atom is 0.407 e. The fourth-order valence-electron chi connectivity index (χ4n) is 0.667. The predicted octanol–water partition coefficient (Wildman–Crippen LogP) is 1.87. The number of alkyl halides is 1. The van der Waals surface area contributed by atoms with E-state index in [-0.39, 0.29) is 24.3 Å². The molecule has 0 rings (SSSR count). The Morgan fingerprint density at radius 1 is 1.36 bits per heavy atom. The van der Waals surface area contributed by atoms with E-state index in [0.717, 1.165) is 0 Å². The molecule has 0 aromatic heterocycles. The molecule has 0 radical (unpaired) electrons. The molecule has 0 aliphatic carbocycles. The molecular formula is C9H16BrNO3. The van der Waals surface area contributed by atoms with Crippen LogP contribution < -0.4 is 5.32 Å². The van der Waals surface area contributed by atoms with Gasteiger partial charge in [0.05, 0.1) is 5.33 Å². The standard InChI is InChI=1S/C9H16BrNO3/c1-9(2,3)11-8(13)14-5-4-7(12)6-10/h4-6H2,1-3H3,(H,11,13). The molecule has 0 heterocycles. The molecule has 5 heteroatoms. The first kappa shape index (κ1) is 13.4. The highest BCUT2D eigenvalue weighted by molar-refractivity contribution is 9.09. The molecule has 1 amide bonds. The Balaban J connectivity index is 3.60. The Hall–Kier alpha value is -0.580. The van der Waals surface area contributed by atoms with Gasteiger partial charge >= 0.3 is 6.09 Å². The molecule has 0 unspecified atom stereocenters. The molecular weight excluding hydrogens is 250 g/mol. The van der Waals surface area contributed by atoms with Gasteiger partial charge in [-0.25, -0.2) is 4.79 Å². The highest BCUT2D eigenvalue weighted by Gasteiger charge is 2.14. The van der Waals surface area contributed by atoms with Gasteiger partial charge in [-0.05, 0) is 20.8 Å². The van der Waals surface area contributed by atoms with Crippen molar-refractivity contribution in [2.45, 2.75) is 32.7 Å². The summed E-state index contributed by atoms with van der Waals surface area (Å²) in [6.45, 7) is 5.71. The van der Waals surface area contributed by atoms with Gasteiger partial charge in [-0.3, -0.25) is 4.79 Å². The number of alkyl carbamates (subject to hydrolysis) is 1. The predicted molar refractivity (Wildman–Crippen MR) is 57.7 cm³/mol. The first-order valence-electron chi connectivity index (χ1n) is 4.38. The zero-order valence-corrected chi connectivity index (χ0v) is 10.3. The highest BCUT2D eigenvalue weighted by atomic mass is 79.9. The summed E-state index contributed by atoms with van der Waals surface area (Å²) in [7, 11) is 0. The molecule has 0 fully saturated rings. The number of ketones is 1. The molecule has 4 nitrogen and oxygen atoms in total. The number of rotatable bonds is 4. The molecule has 1 N–H and O–H groups in total. The smallest absolute Gasteiger partial charge is 0.407 e. The maximum absolute atomic E-state index is 11.1. The Morgan fingerprint density at radius 3 is 2.36 bits per heavy atom. The van der Waals surface area contributed by atoms with Gasteiger partial charge in [0.1, 0.15) is 12.4 Å². The lowest BCUT2D eigenvalue weighted by Crippen LogP contribution is -2.41. The van der Waals surface area contributed by atoms with Gasteiger partial charge in [0.25, 0.3) is 0 Å². The van der Waals surface area contributed by atoms with Crippen LogP contribution in [0, 0.1) is 0 Å². The molecule has 0 aliphatic rings. The lowest BCUT2D eigenvalue weighted by atomic mass is 10.1. The third-order valence-corrected chi connectivity index (χ3v) is 1.87. The number of halogens is 1. The summed E-state index contributed by atoms with van der Waals surface area (Å²) < 4.78 is 4.80. The average Bonchev–Trinajstić information content (AvgIpc) is 2.00. The van der Waals surface area contributed by atoms with Crippen LogP contribution >= 0.6 is 15.9 Å². The number of carbonyl (C=O) groups excluding carboxylic acids is 2. The summed E-state index contributed by atoms with van der Waals surface area (Å²) in [5.41, 5.74) is -0.309. The molecule has 82 valence electrons. The minimum absolute atomic E-state index is 0.0218. The summed E-state index contributed by atoms with van der Waals surface area (Å²) in [5, 5.41) is 2.93. The summed E-state index contributed by atoms with van der Waals surface area (Å²) in [4.78, 5) is 21.9. The van der Waals surface area contributed by atoms with Gasteiger partial charge in [-0.1, -0.05) is 15.9 Å². The molecule has 0 spiro atoms. The van der Waals surface area contributed by atoms with E-state index in [1.54, 1.807) is 0 Å². The van der Waals surface area contributed by atoms with E-state index in [2.05, 4.69) is 21.2 Å². The topological polar surface area (TPSA) is 55.4 Å². The Morgan fingerprint density at radius 2 is 1.93 bits per heavy atom. The average molecular weight is 266 g/mol. The van der Waals surface area contributed by atoms with Crippen molar-refractivity contribution >= 4 is 27.8 Å². The summed E-state index contributed by atoms with van der Waals surface area (Å²) in [5.74, 6) is 0.0218. The van der Waals surface area contributed by atoms with Crippen LogP contribution in [-0.2, 0) is 9.53 Å². The number of nitrogens with one attached hydrogen (secondary N) is 1. The number of hydrogen-bond acceptors (Lipinski definition) is 3. The maximum atomic E-state index is 11.1. The van der Waals surface area contributed by atoms with Crippen LogP contribution in [0.25, 0.3) is 0 Å². The van der Waals surface area contributed by atoms with Crippen LogP contribution in [0.2, 0.25) is 0 Å². The van der Waals surface area contributed by atoms with E-state index in [9.17, 15) is 9.59 Å². The fraction of sp³-hybridized carbons (Fsp3) is 0.778. The van der Waals surface area contributed by atoms with Crippen molar-refractivity contribution in [2.24, 2.45) is 0 Å². The zero-order chi connectivity index (χ0) is 11.2. The number of ether oxygens (including phenoxy) is 1. The molecule has 0 bridgehead atoms. The van der Waals surface area contributed by atoms with Crippen molar-refractivity contribution in [2.75, 3.05) is 11.9 Å². The van der Waals surface area contributed by atoms with Gasteiger partial charge < -0.3 is 10.1 Å². The number of carbonyl (C=O) groups is 2. The Labute approximate surface area is 92.5 Å². The molecule has 0 aliphatic heterocycles. The molecule has 14 heavy (non-hydrogen) atoms. The third kappa shape index (κ3) is 8.04. The minimum atomic E-state index is -0.486. The van der Waals surface area contributed by atoms with Gasteiger partial charge in [-0.2, -0.15) is 0 Å². The van der Waals surface area contributed by atoms with Gasteiger partial charge in [0.15, 0.2) is 0 Å². The van der Waals surface area contributed by atoms with Crippen LogP contribution in [-0.4, -0.2) is 29.4 Å². The Kier molecular flexibility index (Phi) is 5.76. The molecule has 0 atom stereocenters. The minimum Gasteiger partial charge on any atom is -0.449 e. The van der Waals surface area contributed by atoms with Gasteiger partial charge in [-0.15, -0.1) is 0 Å². The van der Waals surface area contributed by atoms with Crippen LogP contribution in [0.15, 0.2) is 0 Å². The lowest BCUT2D eigenvalue weighted by molar-refractivity contribution is -0.117. The first-order valence-corrected chi connectivity index (χ1v) is 5.50. The second-order valence-corrected chi connectivity index (χ2v) is 4.49. The highest BCUT2D eigenvalue weighted by Crippen LogP contribution is 1.99. The van der Waals surface area contributed by atoms with Crippen molar-refractivity contribution in [3.05, 3.63) is 0 Å². The van der Waals surface area contributed by atoms with Crippen LogP contribution in [0.5, 0.6) is 0 Å². The van der Waals surface area contributed by atoms with Crippen molar-refractivity contribution in [3.8, 4) is 0 Å². The monoisotopic (exact) mass is 265 g/mol. The van der Waals surface area contributed by atoms with Crippen molar-refractivity contribution < 1.29 is 14.3 Å². The van der Waals surface area contributed by atoms with E-state index in [1.165, 1.54) is 0 Å². The van der Waals surface area contributed by atoms with Gasteiger partial charge in [0.2, 0.25) is 0 Å². The summed E-state index contributed by atoms with van der Waals surface area (Å²) >= 11 is 3.03. The van der Waals surface area contributed by atoms with E-state index in [4.69, 9.17) is 4.74 Å². The lowest BCUT2D eigenvalue weighted by Gasteiger charge is -2.19. The van der Waals surface area contributed by atoms with E-state index in [1.807, 2.05) is 20.8 Å². The van der Waals surface area contributed by atoms with Crippen molar-refractivity contribution in [3.63, 3.8) is 0 Å². The molecule has 0 aromatic carbocycles. The third-order valence-electron chi connectivity index (χ3n) is 1.24. The van der Waals surface area contributed by atoms with Gasteiger partial charge in [0, 0.05) is 12.0 Å². The summed E-state index contributed by atoms with van der Waals surface area (Å²) in [6, 6.07) is 0. The number of amides is 1. The Bertz CT molecular complexity index is 211. The fourth-order valence-corrected chi connectivity index (χ4v) is 0.947. The van der Waals surface area contributed by atoms with E-state index >= 15 is 0 Å². The van der Waals surface area contributed by atoms with Crippen LogP contribution in [0.1, 0.15) is 27.2 Å². The quantitative estimate of drug-likeness (QED) is 0.790. The van der Waals surface area contributed by atoms with Crippen molar-refractivity contribution in [1.82, 2.24) is 5.32 Å². The summed E-state index contributed by atoms with van der Waals surface area (Å²) in [6.07, 6.45) is -0.233. The molecule has 0 saturated heterocycles. The van der Waals surface area contributed by atoms with Crippen molar-refractivity contribution in [1.29, 1.82) is 0 Å². The zero-order valence-electron chi connectivity index (χ0n) is 8.72. The number of hydrogen-bond donors (Lipinski definition) is 1. The number of Topliss-reactive ketones (excluding diaryl/α,β-unsaturated/α-hetero) is 1.